The molecule has 0 amide bonds. The Hall–Kier alpha value is -1.37. The largest absolute Gasteiger partial charge is 0.380 e. The molecule has 1 heterocycles. The van der Waals surface area contributed by atoms with E-state index >= 15 is 0 Å². The van der Waals surface area contributed by atoms with Gasteiger partial charge in [-0.05, 0) is 12.0 Å². The van der Waals surface area contributed by atoms with Gasteiger partial charge in [0.1, 0.15) is 0 Å². The van der Waals surface area contributed by atoms with Gasteiger partial charge in [0.2, 0.25) is 0 Å². The van der Waals surface area contributed by atoms with Gasteiger partial charge in [0, 0.05) is 26.2 Å². The molecule has 3 heteroatoms. The topological polar surface area (TPSA) is 36.3 Å². The van der Waals surface area contributed by atoms with Gasteiger partial charge in [0.05, 0.1) is 18.6 Å². The molecule has 0 aliphatic carbocycles. The summed E-state index contributed by atoms with van der Waals surface area (Å²) in [6.45, 7) is 1.94. The first-order chi connectivity index (χ1) is 8.35. The molecule has 1 aromatic carbocycles. The van der Waals surface area contributed by atoms with Crippen molar-refractivity contribution in [3.8, 4) is 6.07 Å². The van der Waals surface area contributed by atoms with E-state index in [-0.39, 0.29) is 6.04 Å². The van der Waals surface area contributed by atoms with Crippen molar-refractivity contribution >= 4 is 0 Å². The van der Waals surface area contributed by atoms with Crippen LogP contribution in [-0.2, 0) is 4.74 Å². The van der Waals surface area contributed by atoms with Gasteiger partial charge in [-0.25, -0.2) is 0 Å². The minimum Gasteiger partial charge on any atom is -0.380 e. The first-order valence-corrected chi connectivity index (χ1v) is 6.04. The van der Waals surface area contributed by atoms with Crippen LogP contribution in [0.2, 0.25) is 0 Å². The molecule has 0 radical (unpaired) electrons. The maximum absolute atomic E-state index is 8.97. The number of ether oxygens (including phenoxy) is 1. The highest BCUT2D eigenvalue weighted by atomic mass is 16.5. The van der Waals surface area contributed by atoms with Gasteiger partial charge >= 0.3 is 0 Å². The lowest BCUT2D eigenvalue weighted by molar-refractivity contribution is 0.101. The highest BCUT2D eigenvalue weighted by Gasteiger charge is 2.28. The van der Waals surface area contributed by atoms with Crippen LogP contribution in [-0.4, -0.2) is 31.2 Å². The highest BCUT2D eigenvalue weighted by molar-refractivity contribution is 5.20. The van der Waals surface area contributed by atoms with Gasteiger partial charge in [-0.2, -0.15) is 5.26 Å². The summed E-state index contributed by atoms with van der Waals surface area (Å²) in [7, 11) is 1.76. The molecule has 1 aliphatic heterocycles. The van der Waals surface area contributed by atoms with E-state index in [4.69, 9.17) is 10.00 Å². The standard InChI is InChI=1S/C14H18N2O/c1-17-13-8-10-16(11-13)14(7-9-15)12-5-3-2-4-6-12/h2-6,13-14H,7-8,10-11H2,1H3. The van der Waals surface area contributed by atoms with Crippen molar-refractivity contribution in [2.24, 2.45) is 0 Å². The van der Waals surface area contributed by atoms with Gasteiger partial charge < -0.3 is 4.74 Å². The molecule has 2 atom stereocenters. The van der Waals surface area contributed by atoms with Crippen molar-refractivity contribution in [1.29, 1.82) is 5.26 Å². The Morgan fingerprint density at radius 3 is 2.82 bits per heavy atom. The zero-order chi connectivity index (χ0) is 12.1. The van der Waals surface area contributed by atoms with Crippen LogP contribution in [0.3, 0.4) is 0 Å². The minimum absolute atomic E-state index is 0.210. The average Bonchev–Trinajstić information content (AvgIpc) is 2.85. The molecule has 0 saturated carbocycles. The van der Waals surface area contributed by atoms with Crippen LogP contribution in [0, 0.1) is 11.3 Å². The number of rotatable bonds is 4. The fourth-order valence-electron chi connectivity index (χ4n) is 2.45. The molecule has 0 spiro atoms. The highest BCUT2D eigenvalue weighted by Crippen LogP contribution is 2.28. The van der Waals surface area contributed by atoms with Crippen LogP contribution in [0.4, 0.5) is 0 Å². The van der Waals surface area contributed by atoms with Gasteiger partial charge in [-0.1, -0.05) is 30.3 Å². The maximum atomic E-state index is 8.97. The van der Waals surface area contributed by atoms with Crippen LogP contribution >= 0.6 is 0 Å². The van der Waals surface area contributed by atoms with Crippen molar-refractivity contribution in [1.82, 2.24) is 4.90 Å². The summed E-state index contributed by atoms with van der Waals surface area (Å²) in [5.74, 6) is 0. The second-order valence-corrected chi connectivity index (χ2v) is 4.43. The van der Waals surface area contributed by atoms with Gasteiger partial charge in [0.25, 0.3) is 0 Å². The Labute approximate surface area is 103 Å². The van der Waals surface area contributed by atoms with E-state index in [1.807, 2.05) is 18.2 Å². The summed E-state index contributed by atoms with van der Waals surface area (Å²) in [5.41, 5.74) is 1.23. The number of hydrogen-bond donors (Lipinski definition) is 0. The molecule has 1 aromatic rings. The minimum atomic E-state index is 0.210. The molecule has 2 unspecified atom stereocenters. The fraction of sp³-hybridized carbons (Fsp3) is 0.500. The lowest BCUT2D eigenvalue weighted by Gasteiger charge is -2.26. The summed E-state index contributed by atoms with van der Waals surface area (Å²) < 4.78 is 5.38. The van der Waals surface area contributed by atoms with Crippen LogP contribution in [0.1, 0.15) is 24.4 Å². The van der Waals surface area contributed by atoms with Crippen molar-refractivity contribution in [3.63, 3.8) is 0 Å². The fourth-order valence-corrected chi connectivity index (χ4v) is 2.45. The van der Waals surface area contributed by atoms with Crippen molar-refractivity contribution in [2.75, 3.05) is 20.2 Å². The van der Waals surface area contributed by atoms with E-state index in [9.17, 15) is 0 Å². The van der Waals surface area contributed by atoms with Gasteiger partial charge in [0.15, 0.2) is 0 Å². The predicted octanol–water partition coefficient (Wildman–Crippen LogP) is 2.36. The van der Waals surface area contributed by atoms with E-state index in [2.05, 4.69) is 23.1 Å². The van der Waals surface area contributed by atoms with E-state index in [0.29, 0.717) is 12.5 Å². The first kappa shape index (κ1) is 12.1. The normalized spacial score (nSPS) is 22.2. The summed E-state index contributed by atoms with van der Waals surface area (Å²) in [4.78, 5) is 2.35. The Morgan fingerprint density at radius 2 is 2.24 bits per heavy atom. The van der Waals surface area contributed by atoms with Crippen LogP contribution in [0.15, 0.2) is 30.3 Å². The quantitative estimate of drug-likeness (QED) is 0.796. The molecule has 2 rings (SSSR count). The number of hydrogen-bond acceptors (Lipinski definition) is 3. The molecule has 1 aliphatic rings. The smallest absolute Gasteiger partial charge is 0.0710 e. The molecule has 0 aromatic heterocycles. The number of methoxy groups -OCH3 is 1. The zero-order valence-corrected chi connectivity index (χ0v) is 10.2. The van der Waals surface area contributed by atoms with Crippen LogP contribution in [0.5, 0.6) is 0 Å². The monoisotopic (exact) mass is 230 g/mol. The van der Waals surface area contributed by atoms with E-state index in [1.54, 1.807) is 7.11 Å². The van der Waals surface area contributed by atoms with E-state index < -0.39 is 0 Å². The van der Waals surface area contributed by atoms with E-state index in [1.165, 1.54) is 5.56 Å². The van der Waals surface area contributed by atoms with Crippen LogP contribution in [0.25, 0.3) is 0 Å². The summed E-state index contributed by atoms with van der Waals surface area (Å²) >= 11 is 0. The number of nitrogens with zero attached hydrogens (tertiary/aromatic N) is 2. The first-order valence-electron chi connectivity index (χ1n) is 6.04. The van der Waals surface area contributed by atoms with Gasteiger partial charge in [-0.15, -0.1) is 0 Å². The van der Waals surface area contributed by atoms with Crippen molar-refractivity contribution in [2.45, 2.75) is 25.0 Å². The zero-order valence-electron chi connectivity index (χ0n) is 10.2. The second kappa shape index (κ2) is 5.81. The van der Waals surface area contributed by atoms with Crippen LogP contribution < -0.4 is 0 Å². The molecular weight excluding hydrogens is 212 g/mol. The maximum Gasteiger partial charge on any atom is 0.0710 e. The third-order valence-electron chi connectivity index (χ3n) is 3.42. The lowest BCUT2D eigenvalue weighted by Crippen LogP contribution is -2.27. The van der Waals surface area contributed by atoms with Gasteiger partial charge in [-0.3, -0.25) is 4.90 Å². The molecule has 0 bridgehead atoms. The molecular formula is C14H18N2O. The Morgan fingerprint density at radius 1 is 1.47 bits per heavy atom. The molecule has 1 fully saturated rings. The average molecular weight is 230 g/mol. The Bertz CT molecular complexity index is 385. The summed E-state index contributed by atoms with van der Waals surface area (Å²) in [5, 5.41) is 8.97. The van der Waals surface area contributed by atoms with Crippen molar-refractivity contribution < 1.29 is 4.74 Å². The third kappa shape index (κ3) is 2.85. The van der Waals surface area contributed by atoms with E-state index in [0.717, 1.165) is 19.5 Å². The lowest BCUT2D eigenvalue weighted by atomic mass is 10.0. The third-order valence-corrected chi connectivity index (χ3v) is 3.42. The molecule has 17 heavy (non-hydrogen) atoms. The molecule has 3 nitrogen and oxygen atoms in total. The Balaban J connectivity index is 2.11. The second-order valence-electron chi connectivity index (χ2n) is 4.43. The molecule has 1 saturated heterocycles. The summed E-state index contributed by atoms with van der Waals surface area (Å²) in [6.07, 6.45) is 1.92. The molecule has 90 valence electrons. The number of likely N-dealkylation sites (tertiary alicyclic amines) is 1. The number of nitriles is 1. The summed E-state index contributed by atoms with van der Waals surface area (Å²) in [6, 6.07) is 12.8. The molecule has 0 N–H and O–H groups in total. The SMILES string of the molecule is COC1CCN(C(CC#N)c2ccccc2)C1. The number of benzene rings is 1. The Kier molecular flexibility index (Phi) is 4.13. The predicted molar refractivity (Wildman–Crippen MR) is 66.4 cm³/mol. The van der Waals surface area contributed by atoms with Crippen molar-refractivity contribution in [3.05, 3.63) is 35.9 Å².